The van der Waals surface area contributed by atoms with Crippen LogP contribution in [0.5, 0.6) is 0 Å². The Kier molecular flexibility index (Phi) is 15.7. The average molecular weight is 800 g/mol. The number of halogens is 1. The summed E-state index contributed by atoms with van der Waals surface area (Å²) in [4.78, 5) is 26.3. The lowest BCUT2D eigenvalue weighted by Gasteiger charge is -2.46. The average Bonchev–Trinajstić information content (AvgIpc) is 3.45. The van der Waals surface area contributed by atoms with Gasteiger partial charge in [0.1, 0.15) is 30.2 Å². The van der Waals surface area contributed by atoms with Gasteiger partial charge in [0, 0.05) is 36.9 Å². The molecule has 3 aliphatic rings. The Hall–Kier alpha value is -1.88. The van der Waals surface area contributed by atoms with E-state index in [1.54, 1.807) is 52.8 Å². The van der Waals surface area contributed by atoms with E-state index in [9.17, 15) is 25.2 Å². The molecule has 13 nitrogen and oxygen atoms in total. The molecule has 1 aromatic rings. The normalized spacial score (nSPS) is 40.1. The lowest BCUT2D eigenvalue weighted by Crippen LogP contribution is -2.58. The van der Waals surface area contributed by atoms with Crippen LogP contribution in [0.3, 0.4) is 0 Å². The lowest BCUT2D eigenvalue weighted by molar-refractivity contribution is -0.346. The van der Waals surface area contributed by atoms with E-state index in [1.165, 1.54) is 20.3 Å². The summed E-state index contributed by atoms with van der Waals surface area (Å²) in [5, 5.41) is 48.1. The smallest absolute Gasteiger partial charge is 0.311 e. The largest absolute Gasteiger partial charge is 0.459 e. The number of rotatable bonds is 14. The van der Waals surface area contributed by atoms with Crippen molar-refractivity contribution in [3.8, 4) is 0 Å². The summed E-state index contributed by atoms with van der Waals surface area (Å²) in [5.41, 5.74) is -2.80. The first-order chi connectivity index (χ1) is 25.7. The zero-order chi connectivity index (χ0) is 41.0. The number of hydrogen-bond donors (Lipinski definition) is 5. The molecule has 3 heterocycles. The molecule has 0 radical (unpaired) electrons. The van der Waals surface area contributed by atoms with Gasteiger partial charge in [0.05, 0.1) is 53.7 Å². The van der Waals surface area contributed by atoms with Gasteiger partial charge in [0.25, 0.3) is 0 Å². The topological polar surface area (TPSA) is 175 Å². The Balaban J connectivity index is 1.69. The number of hydrogen-bond acceptors (Lipinski definition) is 13. The number of nitrogens with one attached hydrogen (secondary N) is 1. The van der Waals surface area contributed by atoms with Crippen LogP contribution in [0.2, 0.25) is 5.02 Å². The number of methoxy groups -OCH3 is 1. The fourth-order valence-electron chi connectivity index (χ4n) is 8.77. The Labute approximate surface area is 331 Å². The van der Waals surface area contributed by atoms with Gasteiger partial charge in [0.2, 0.25) is 0 Å². The number of carbonyl (C=O) groups excluding carboxylic acids is 1. The Morgan fingerprint density at radius 3 is 2.35 bits per heavy atom. The van der Waals surface area contributed by atoms with Gasteiger partial charge in [-0.15, -0.1) is 0 Å². The van der Waals surface area contributed by atoms with Crippen molar-refractivity contribution in [2.75, 3.05) is 7.11 Å². The monoisotopic (exact) mass is 799 g/mol. The second kappa shape index (κ2) is 18.8. The zero-order valence-corrected chi connectivity index (χ0v) is 35.1. The van der Waals surface area contributed by atoms with E-state index < -0.39 is 102 Å². The first-order valence-electron chi connectivity index (χ1n) is 19.7. The number of carbonyl (C=O) groups is 1. The fourth-order valence-corrected chi connectivity index (χ4v) is 8.90. The van der Waals surface area contributed by atoms with Gasteiger partial charge in [-0.3, -0.25) is 4.79 Å². The predicted molar refractivity (Wildman–Crippen MR) is 205 cm³/mol. The second-order valence-corrected chi connectivity index (χ2v) is 17.3. The number of ether oxygens (including phenoxy) is 5. The minimum atomic E-state index is -1.80. The highest BCUT2D eigenvalue weighted by atomic mass is 35.5. The van der Waals surface area contributed by atoms with Crippen molar-refractivity contribution in [1.82, 2.24) is 5.32 Å². The van der Waals surface area contributed by atoms with Crippen molar-refractivity contribution in [3.63, 3.8) is 0 Å². The number of fused-ring (bicyclic) bond motifs is 2. The maximum Gasteiger partial charge on any atom is 0.311 e. The van der Waals surface area contributed by atoms with Crippen molar-refractivity contribution in [3.05, 3.63) is 47.2 Å². The highest BCUT2D eigenvalue weighted by Crippen LogP contribution is 2.48. The summed E-state index contributed by atoms with van der Waals surface area (Å²) in [7, 11) is 1.52. The molecule has 5 N–H and O–H groups in total. The first-order valence-corrected chi connectivity index (χ1v) is 20.0. The molecule has 17 atom stereocenters. The lowest BCUT2D eigenvalue weighted by atomic mass is 9.76. The third-order valence-corrected chi connectivity index (χ3v) is 12.5. The molecule has 0 spiro atoms. The van der Waals surface area contributed by atoms with Crippen molar-refractivity contribution in [1.29, 1.82) is 0 Å². The van der Waals surface area contributed by atoms with Crippen LogP contribution < -0.4 is 5.32 Å². The molecule has 55 heavy (non-hydrogen) atoms. The summed E-state index contributed by atoms with van der Waals surface area (Å²) < 4.78 is 31.7. The highest BCUT2D eigenvalue weighted by molar-refractivity contribution is 6.30. The molecule has 3 saturated heterocycles. The second-order valence-electron chi connectivity index (χ2n) is 16.8. The van der Waals surface area contributed by atoms with E-state index in [2.05, 4.69) is 5.32 Å². The molecule has 0 amide bonds. The van der Waals surface area contributed by atoms with Gasteiger partial charge in [-0.2, -0.15) is 4.89 Å². The Bertz CT molecular complexity index is 1410. The molecule has 0 aliphatic carbocycles. The number of cyclic esters (lactones) is 1. The van der Waals surface area contributed by atoms with Crippen LogP contribution in [0.15, 0.2) is 36.6 Å². The summed E-state index contributed by atoms with van der Waals surface area (Å²) in [5.74, 6) is -2.80. The summed E-state index contributed by atoms with van der Waals surface area (Å²) >= 11 is 6.04. The quantitative estimate of drug-likeness (QED) is 0.0750. The van der Waals surface area contributed by atoms with E-state index in [1.807, 2.05) is 39.8 Å². The van der Waals surface area contributed by atoms with Gasteiger partial charge in [0.15, 0.2) is 6.29 Å². The van der Waals surface area contributed by atoms with Gasteiger partial charge < -0.3 is 54.3 Å². The maximum atomic E-state index is 14.2. The molecule has 14 heteroatoms. The maximum absolute atomic E-state index is 14.2. The minimum absolute atomic E-state index is 0.0797. The minimum Gasteiger partial charge on any atom is -0.459 e. The molecule has 314 valence electrons. The van der Waals surface area contributed by atoms with E-state index >= 15 is 0 Å². The van der Waals surface area contributed by atoms with Crippen LogP contribution in [0.1, 0.15) is 94.1 Å². The molecule has 4 rings (SSSR count). The summed E-state index contributed by atoms with van der Waals surface area (Å²) in [6, 6.07) is 6.92. The van der Waals surface area contributed by atoms with Crippen molar-refractivity contribution >= 4 is 17.6 Å². The molecular formula is C41H66ClNO12. The predicted octanol–water partition coefficient (Wildman–Crippen LogP) is 4.83. The summed E-state index contributed by atoms with van der Waals surface area (Å²) in [6.45, 7) is 18.3. The van der Waals surface area contributed by atoms with E-state index in [-0.39, 0.29) is 18.8 Å². The number of benzene rings is 1. The van der Waals surface area contributed by atoms with Gasteiger partial charge in [-0.25, -0.2) is 0 Å². The van der Waals surface area contributed by atoms with Crippen molar-refractivity contribution in [2.24, 2.45) is 23.7 Å². The van der Waals surface area contributed by atoms with E-state index in [0.29, 0.717) is 18.0 Å². The third-order valence-electron chi connectivity index (χ3n) is 12.3. The molecule has 0 aromatic heterocycles. The molecule has 3 fully saturated rings. The van der Waals surface area contributed by atoms with Crippen molar-refractivity contribution in [2.45, 2.75) is 173 Å². The molecular weight excluding hydrogens is 734 g/mol. The van der Waals surface area contributed by atoms with Crippen LogP contribution in [0.4, 0.5) is 0 Å². The standard InChI is InChI=1S/C41H66ClNO12/c1-12-31(45)41(10,48)37-23(3)33-22(2)19-40(9,54-33)36(55-50-18-17-30(26(6)44)43-21-28-13-15-29(42)16-14-28)24(4)34(25(5)38(47)53-37)52-32-20-39(8,49-11)35(46)27(7)51-32/h13-18,22-27,30-37,43-46,48H,12,19-21H2,1-11H3/b18-17-/t22?,23-,24-,25+,26?,27?,30?,31+,32-,33?,34-,35-,36+,37+,39?,40+,41+/m0/s1. The molecule has 1 aromatic carbocycles. The third kappa shape index (κ3) is 10.4. The number of aliphatic hydroxyl groups is 4. The zero-order valence-electron chi connectivity index (χ0n) is 34.3. The van der Waals surface area contributed by atoms with Gasteiger partial charge in [-0.1, -0.05) is 51.4 Å². The Morgan fingerprint density at radius 2 is 1.75 bits per heavy atom. The Morgan fingerprint density at radius 1 is 1.09 bits per heavy atom. The molecule has 2 bridgehead atoms. The first kappa shape index (κ1) is 45.8. The van der Waals surface area contributed by atoms with E-state index in [0.717, 1.165) is 5.56 Å². The summed E-state index contributed by atoms with van der Waals surface area (Å²) in [6.07, 6.45) is -3.83. The molecule has 6 unspecified atom stereocenters. The molecule has 0 saturated carbocycles. The van der Waals surface area contributed by atoms with Gasteiger partial charge in [-0.05, 0) is 84.1 Å². The van der Waals surface area contributed by atoms with Crippen LogP contribution in [-0.2, 0) is 44.8 Å². The van der Waals surface area contributed by atoms with Crippen molar-refractivity contribution < 1.29 is 58.7 Å². The van der Waals surface area contributed by atoms with Crippen LogP contribution in [-0.4, -0.2) is 111 Å². The fraction of sp³-hybridized carbons (Fsp3) is 0.780. The van der Waals surface area contributed by atoms with Crippen LogP contribution in [0.25, 0.3) is 0 Å². The molecule has 3 aliphatic heterocycles. The van der Waals surface area contributed by atoms with Crippen LogP contribution >= 0.6 is 11.6 Å². The van der Waals surface area contributed by atoms with Crippen LogP contribution in [0, 0.1) is 23.7 Å². The van der Waals surface area contributed by atoms with E-state index in [4.69, 9.17) is 45.1 Å². The number of esters is 1. The highest BCUT2D eigenvalue weighted by Gasteiger charge is 2.58. The SMILES string of the molecule is CC[C@@H](O)[C@@](C)(O)[C@@H]1OC(=O)[C@H](C)[C@@H](O[C@H]2CC(C)(OC)[C@@H](O)C(C)O2)[C@H](C)[C@@H](OO/C=C\C(NCc2ccc(Cl)cc2)C(C)O)[C@@]2(C)CC(C)C(O2)[C@@H]1C. The number of aliphatic hydroxyl groups excluding tert-OH is 3. The van der Waals surface area contributed by atoms with Gasteiger partial charge >= 0.3 is 5.97 Å².